The van der Waals surface area contributed by atoms with E-state index in [1.54, 1.807) is 6.08 Å². The highest BCUT2D eigenvalue weighted by molar-refractivity contribution is 5.76. The van der Waals surface area contributed by atoms with E-state index >= 15 is 0 Å². The van der Waals surface area contributed by atoms with E-state index in [4.69, 9.17) is 4.74 Å². The van der Waals surface area contributed by atoms with Crippen molar-refractivity contribution in [3.05, 3.63) is 24.3 Å². The smallest absolute Gasteiger partial charge is 0.305 e. The highest BCUT2D eigenvalue weighted by Crippen LogP contribution is 2.17. The van der Waals surface area contributed by atoms with Gasteiger partial charge in [-0.1, -0.05) is 289 Å². The zero-order valence-corrected chi connectivity index (χ0v) is 45.9. The van der Waals surface area contributed by atoms with Gasteiger partial charge < -0.3 is 20.3 Å². The number of unbranched alkanes of at least 4 members (excludes halogenated alkanes) is 44. The standard InChI is InChI=1S/C62H119NO5/c1-3-5-7-9-11-13-15-17-18-19-20-21-24-27-31-34-38-42-46-50-54-60(65)59(58-64)63-61(66)55-51-47-43-39-35-32-28-25-22-23-26-29-33-37-41-45-49-53-57-68-62(67)56-52-48-44-40-36-30-16-14-12-10-8-6-4-2/h25,28,50,54,59-60,64-65H,3-24,26-27,29-49,51-53,55-58H2,1-2H3,(H,63,66)/b28-25-,54-50+. The molecule has 0 heterocycles. The average Bonchev–Trinajstić information content (AvgIpc) is 3.34. The van der Waals surface area contributed by atoms with Crippen LogP contribution in [0.15, 0.2) is 24.3 Å². The van der Waals surface area contributed by atoms with Crippen molar-refractivity contribution in [1.82, 2.24) is 5.32 Å². The molecule has 402 valence electrons. The molecule has 0 saturated heterocycles. The first-order valence-corrected chi connectivity index (χ1v) is 30.6. The summed E-state index contributed by atoms with van der Waals surface area (Å²) >= 11 is 0. The summed E-state index contributed by atoms with van der Waals surface area (Å²) < 4.78 is 5.47. The number of amides is 1. The van der Waals surface area contributed by atoms with Crippen molar-refractivity contribution in [2.75, 3.05) is 13.2 Å². The van der Waals surface area contributed by atoms with Crippen molar-refractivity contribution in [3.8, 4) is 0 Å². The molecule has 2 unspecified atom stereocenters. The second kappa shape index (κ2) is 57.9. The Labute approximate surface area is 424 Å². The predicted octanol–water partition coefficient (Wildman–Crippen LogP) is 19.0. The van der Waals surface area contributed by atoms with Gasteiger partial charge in [-0.2, -0.15) is 0 Å². The zero-order chi connectivity index (χ0) is 49.3. The fourth-order valence-electron chi connectivity index (χ4n) is 9.51. The molecule has 3 N–H and O–H groups in total. The van der Waals surface area contributed by atoms with Gasteiger partial charge in [-0.25, -0.2) is 0 Å². The van der Waals surface area contributed by atoms with E-state index in [9.17, 15) is 19.8 Å². The number of aliphatic hydroxyl groups excluding tert-OH is 2. The van der Waals surface area contributed by atoms with Gasteiger partial charge >= 0.3 is 5.97 Å². The van der Waals surface area contributed by atoms with E-state index in [2.05, 4.69) is 31.3 Å². The minimum absolute atomic E-state index is 0.00407. The van der Waals surface area contributed by atoms with Crippen molar-refractivity contribution in [2.45, 2.75) is 347 Å². The van der Waals surface area contributed by atoms with E-state index in [-0.39, 0.29) is 18.5 Å². The molecule has 2 atom stereocenters. The summed E-state index contributed by atoms with van der Waals surface area (Å²) in [5.41, 5.74) is 0. The molecule has 0 rings (SSSR count). The molecule has 0 aromatic heterocycles. The topological polar surface area (TPSA) is 95.9 Å². The Hall–Kier alpha value is -1.66. The molecule has 0 aliphatic heterocycles. The van der Waals surface area contributed by atoms with E-state index in [1.165, 1.54) is 250 Å². The molecule has 6 nitrogen and oxygen atoms in total. The molecular formula is C62H119NO5. The molecule has 0 saturated carbocycles. The van der Waals surface area contributed by atoms with Crippen LogP contribution in [0.1, 0.15) is 335 Å². The molecule has 6 heteroatoms. The summed E-state index contributed by atoms with van der Waals surface area (Å²) in [4.78, 5) is 24.5. The molecular weight excluding hydrogens is 839 g/mol. The van der Waals surface area contributed by atoms with Gasteiger partial charge in [-0.15, -0.1) is 0 Å². The first-order valence-electron chi connectivity index (χ1n) is 30.6. The Bertz CT molecular complexity index is 1060. The lowest BCUT2D eigenvalue weighted by atomic mass is 10.0. The van der Waals surface area contributed by atoms with Crippen LogP contribution in [0.2, 0.25) is 0 Å². The normalized spacial score (nSPS) is 12.7. The second-order valence-corrected chi connectivity index (χ2v) is 21.0. The summed E-state index contributed by atoms with van der Waals surface area (Å²) in [6.07, 6.45) is 70.6. The third-order valence-electron chi connectivity index (χ3n) is 14.2. The molecule has 0 aliphatic rings. The van der Waals surface area contributed by atoms with Crippen molar-refractivity contribution < 1.29 is 24.5 Å². The van der Waals surface area contributed by atoms with Crippen LogP contribution in [-0.2, 0) is 14.3 Å². The fraction of sp³-hybridized carbons (Fsp3) is 0.903. The number of carbonyl (C=O) groups is 2. The number of nitrogens with one attached hydrogen (secondary N) is 1. The van der Waals surface area contributed by atoms with Crippen LogP contribution < -0.4 is 5.32 Å². The Morgan fingerprint density at radius 1 is 0.397 bits per heavy atom. The molecule has 1 amide bonds. The van der Waals surface area contributed by atoms with Crippen LogP contribution in [0.4, 0.5) is 0 Å². The van der Waals surface area contributed by atoms with Crippen LogP contribution in [-0.4, -0.2) is 47.4 Å². The Morgan fingerprint density at radius 2 is 0.691 bits per heavy atom. The lowest BCUT2D eigenvalue weighted by Crippen LogP contribution is -2.45. The van der Waals surface area contributed by atoms with Crippen LogP contribution in [0.5, 0.6) is 0 Å². The number of hydrogen-bond acceptors (Lipinski definition) is 5. The molecule has 0 aromatic rings. The maximum atomic E-state index is 12.5. The minimum atomic E-state index is -0.853. The molecule has 0 fully saturated rings. The van der Waals surface area contributed by atoms with E-state index in [1.807, 2.05) is 6.08 Å². The van der Waals surface area contributed by atoms with Crippen LogP contribution in [0.3, 0.4) is 0 Å². The van der Waals surface area contributed by atoms with Crippen LogP contribution in [0.25, 0.3) is 0 Å². The highest BCUT2D eigenvalue weighted by atomic mass is 16.5. The van der Waals surface area contributed by atoms with Gasteiger partial charge in [-0.3, -0.25) is 9.59 Å². The SMILES string of the molecule is CCCCCCCCCCCCCCCCCCCC/C=C/C(O)C(CO)NC(=O)CCCCCCC/C=C\CCCCCCCCCCCOC(=O)CCCCCCCCCCCCCCC. The van der Waals surface area contributed by atoms with Gasteiger partial charge in [0.15, 0.2) is 0 Å². The summed E-state index contributed by atoms with van der Waals surface area (Å²) in [5, 5.41) is 23.2. The summed E-state index contributed by atoms with van der Waals surface area (Å²) in [6, 6.07) is -0.638. The Morgan fingerprint density at radius 3 is 1.04 bits per heavy atom. The third-order valence-corrected chi connectivity index (χ3v) is 14.2. The lowest BCUT2D eigenvalue weighted by Gasteiger charge is -2.20. The van der Waals surface area contributed by atoms with E-state index < -0.39 is 12.1 Å². The van der Waals surface area contributed by atoms with Crippen LogP contribution in [0, 0.1) is 0 Å². The molecule has 0 aliphatic carbocycles. The number of hydrogen-bond donors (Lipinski definition) is 3. The number of rotatable bonds is 57. The molecule has 68 heavy (non-hydrogen) atoms. The average molecular weight is 959 g/mol. The van der Waals surface area contributed by atoms with Crippen molar-refractivity contribution in [2.24, 2.45) is 0 Å². The quantitative estimate of drug-likeness (QED) is 0.0321. The summed E-state index contributed by atoms with van der Waals surface area (Å²) in [6.45, 7) is 4.91. The number of ether oxygens (including phenoxy) is 1. The monoisotopic (exact) mass is 958 g/mol. The summed E-state index contributed by atoms with van der Waals surface area (Å²) in [5.74, 6) is -0.0754. The van der Waals surface area contributed by atoms with Gasteiger partial charge in [0.2, 0.25) is 5.91 Å². The second-order valence-electron chi connectivity index (χ2n) is 21.0. The fourth-order valence-corrected chi connectivity index (χ4v) is 9.51. The maximum absolute atomic E-state index is 12.5. The highest BCUT2D eigenvalue weighted by Gasteiger charge is 2.18. The molecule has 0 aromatic carbocycles. The number of carbonyl (C=O) groups excluding carboxylic acids is 2. The van der Waals surface area contributed by atoms with Gasteiger partial charge in [-0.05, 0) is 57.8 Å². The Kier molecular flexibility index (Phi) is 56.5. The zero-order valence-electron chi connectivity index (χ0n) is 45.9. The lowest BCUT2D eigenvalue weighted by molar-refractivity contribution is -0.143. The Balaban J connectivity index is 3.48. The van der Waals surface area contributed by atoms with Crippen LogP contribution >= 0.6 is 0 Å². The van der Waals surface area contributed by atoms with E-state index in [0.717, 1.165) is 57.8 Å². The number of esters is 1. The molecule has 0 radical (unpaired) electrons. The molecule has 0 bridgehead atoms. The van der Waals surface area contributed by atoms with Crippen molar-refractivity contribution in [1.29, 1.82) is 0 Å². The first-order chi connectivity index (χ1) is 33.5. The number of aliphatic hydroxyl groups is 2. The minimum Gasteiger partial charge on any atom is -0.466 e. The number of allylic oxidation sites excluding steroid dienone is 3. The first kappa shape index (κ1) is 66.3. The summed E-state index contributed by atoms with van der Waals surface area (Å²) in [7, 11) is 0. The largest absolute Gasteiger partial charge is 0.466 e. The van der Waals surface area contributed by atoms with E-state index in [0.29, 0.717) is 19.4 Å². The van der Waals surface area contributed by atoms with Crippen molar-refractivity contribution >= 4 is 11.9 Å². The predicted molar refractivity (Wildman–Crippen MR) is 296 cm³/mol. The van der Waals surface area contributed by atoms with Gasteiger partial charge in [0.05, 0.1) is 25.4 Å². The third kappa shape index (κ3) is 53.7. The van der Waals surface area contributed by atoms with Gasteiger partial charge in [0.1, 0.15) is 0 Å². The van der Waals surface area contributed by atoms with Gasteiger partial charge in [0.25, 0.3) is 0 Å². The molecule has 0 spiro atoms. The maximum Gasteiger partial charge on any atom is 0.305 e. The van der Waals surface area contributed by atoms with Gasteiger partial charge in [0, 0.05) is 12.8 Å². The van der Waals surface area contributed by atoms with Crippen molar-refractivity contribution in [3.63, 3.8) is 0 Å².